The summed E-state index contributed by atoms with van der Waals surface area (Å²) in [6, 6.07) is 13.7. The summed E-state index contributed by atoms with van der Waals surface area (Å²) >= 11 is 5.79. The minimum Gasteiger partial charge on any atom is -0.478 e. The fourth-order valence-electron chi connectivity index (χ4n) is 1.66. The number of hydrogen-bond acceptors (Lipinski definition) is 2. The number of nitrogen functional groups attached to an aromatic ring is 1. The topological polar surface area (TPSA) is 63.3 Å². The van der Waals surface area contributed by atoms with Gasteiger partial charge in [0.15, 0.2) is 0 Å². The standard InChI is InChI=1S/C15H12ClNO2/c16-12-5-1-10(2-6-12)9-14(15(18)19)11-3-7-13(17)8-4-11/h1-9H,17H2,(H,18,19)/b14-9-. The maximum atomic E-state index is 11.3. The van der Waals surface area contributed by atoms with E-state index in [-0.39, 0.29) is 5.57 Å². The molecular weight excluding hydrogens is 262 g/mol. The molecule has 0 aromatic heterocycles. The summed E-state index contributed by atoms with van der Waals surface area (Å²) in [6.07, 6.45) is 1.60. The lowest BCUT2D eigenvalue weighted by molar-refractivity contribution is -0.130. The van der Waals surface area contributed by atoms with Gasteiger partial charge in [0.2, 0.25) is 0 Å². The highest BCUT2D eigenvalue weighted by atomic mass is 35.5. The fraction of sp³-hybridized carbons (Fsp3) is 0. The number of carboxylic acid groups (broad SMARTS) is 1. The van der Waals surface area contributed by atoms with Gasteiger partial charge in [0, 0.05) is 10.7 Å². The lowest BCUT2D eigenvalue weighted by Crippen LogP contribution is -1.99. The fourth-order valence-corrected chi connectivity index (χ4v) is 1.78. The molecular formula is C15H12ClNO2. The number of anilines is 1. The number of aliphatic carboxylic acids is 1. The van der Waals surface area contributed by atoms with Crippen LogP contribution in [0.2, 0.25) is 5.02 Å². The Bertz CT molecular complexity index is 616. The van der Waals surface area contributed by atoms with Crippen molar-refractivity contribution in [1.82, 2.24) is 0 Å². The molecule has 0 aliphatic heterocycles. The molecule has 3 N–H and O–H groups in total. The first-order valence-electron chi connectivity index (χ1n) is 5.63. The van der Waals surface area contributed by atoms with E-state index in [9.17, 15) is 9.90 Å². The van der Waals surface area contributed by atoms with Gasteiger partial charge in [-0.1, -0.05) is 35.9 Å². The smallest absolute Gasteiger partial charge is 0.336 e. The van der Waals surface area contributed by atoms with Crippen molar-refractivity contribution in [1.29, 1.82) is 0 Å². The van der Waals surface area contributed by atoms with Gasteiger partial charge in [0.1, 0.15) is 0 Å². The quantitative estimate of drug-likeness (QED) is 0.511. The number of halogens is 1. The maximum Gasteiger partial charge on any atom is 0.336 e. The number of hydrogen-bond donors (Lipinski definition) is 2. The summed E-state index contributed by atoms with van der Waals surface area (Å²) in [5.41, 5.74) is 7.78. The van der Waals surface area contributed by atoms with Crippen LogP contribution in [0, 0.1) is 0 Å². The number of rotatable bonds is 3. The Labute approximate surface area is 115 Å². The van der Waals surface area contributed by atoms with Crippen molar-refractivity contribution in [2.45, 2.75) is 0 Å². The van der Waals surface area contributed by atoms with Crippen LogP contribution in [0.15, 0.2) is 48.5 Å². The van der Waals surface area contributed by atoms with Crippen molar-refractivity contribution < 1.29 is 9.90 Å². The first kappa shape index (κ1) is 13.2. The summed E-state index contributed by atoms with van der Waals surface area (Å²) < 4.78 is 0. The van der Waals surface area contributed by atoms with Crippen LogP contribution >= 0.6 is 11.6 Å². The van der Waals surface area contributed by atoms with Gasteiger partial charge < -0.3 is 10.8 Å². The van der Waals surface area contributed by atoms with Crippen molar-refractivity contribution in [3.05, 3.63) is 64.7 Å². The monoisotopic (exact) mass is 273 g/mol. The zero-order chi connectivity index (χ0) is 13.8. The van der Waals surface area contributed by atoms with Crippen LogP contribution in [-0.4, -0.2) is 11.1 Å². The van der Waals surface area contributed by atoms with Gasteiger partial charge >= 0.3 is 5.97 Å². The molecule has 3 nitrogen and oxygen atoms in total. The van der Waals surface area contributed by atoms with Crippen molar-refractivity contribution in [3.8, 4) is 0 Å². The third kappa shape index (κ3) is 3.36. The van der Waals surface area contributed by atoms with Crippen LogP contribution in [0.1, 0.15) is 11.1 Å². The minimum atomic E-state index is -0.986. The van der Waals surface area contributed by atoms with Crippen LogP contribution < -0.4 is 5.73 Å². The summed E-state index contributed by atoms with van der Waals surface area (Å²) in [5.74, 6) is -0.986. The number of benzene rings is 2. The molecule has 0 unspecified atom stereocenters. The van der Waals surface area contributed by atoms with Gasteiger partial charge in [0.05, 0.1) is 5.57 Å². The second-order valence-electron chi connectivity index (χ2n) is 4.04. The molecule has 0 radical (unpaired) electrons. The number of carbonyl (C=O) groups is 1. The largest absolute Gasteiger partial charge is 0.478 e. The molecule has 0 bridgehead atoms. The zero-order valence-corrected chi connectivity index (χ0v) is 10.8. The Morgan fingerprint density at radius 1 is 1.05 bits per heavy atom. The average Bonchev–Trinajstić information content (AvgIpc) is 2.39. The minimum absolute atomic E-state index is 0.210. The third-order valence-electron chi connectivity index (χ3n) is 2.63. The van der Waals surface area contributed by atoms with Gasteiger partial charge in [-0.2, -0.15) is 0 Å². The second kappa shape index (κ2) is 5.59. The van der Waals surface area contributed by atoms with E-state index < -0.39 is 5.97 Å². The van der Waals surface area contributed by atoms with E-state index in [4.69, 9.17) is 17.3 Å². The Hall–Kier alpha value is -2.26. The summed E-state index contributed by atoms with van der Waals surface area (Å²) in [5, 5.41) is 9.90. The molecule has 4 heteroatoms. The van der Waals surface area contributed by atoms with E-state index >= 15 is 0 Å². The molecule has 96 valence electrons. The van der Waals surface area contributed by atoms with Crippen LogP contribution in [0.3, 0.4) is 0 Å². The summed E-state index contributed by atoms with van der Waals surface area (Å²) in [4.78, 5) is 11.3. The number of nitrogens with two attached hydrogens (primary N) is 1. The normalized spacial score (nSPS) is 11.3. The molecule has 0 saturated carbocycles. The van der Waals surface area contributed by atoms with Crippen LogP contribution in [0.5, 0.6) is 0 Å². The van der Waals surface area contributed by atoms with E-state index in [2.05, 4.69) is 0 Å². The van der Waals surface area contributed by atoms with Crippen LogP contribution in [0.4, 0.5) is 5.69 Å². The Balaban J connectivity index is 2.43. The molecule has 0 fully saturated rings. The van der Waals surface area contributed by atoms with Gasteiger partial charge in [-0.3, -0.25) is 0 Å². The van der Waals surface area contributed by atoms with Gasteiger partial charge in [-0.05, 0) is 41.5 Å². The molecule has 0 atom stereocenters. The highest BCUT2D eigenvalue weighted by Crippen LogP contribution is 2.20. The van der Waals surface area contributed by atoms with E-state index in [1.54, 1.807) is 54.6 Å². The van der Waals surface area contributed by atoms with Crippen molar-refractivity contribution >= 4 is 34.9 Å². The van der Waals surface area contributed by atoms with E-state index in [0.717, 1.165) is 5.56 Å². The lowest BCUT2D eigenvalue weighted by atomic mass is 10.0. The predicted molar refractivity (Wildman–Crippen MR) is 77.8 cm³/mol. The van der Waals surface area contributed by atoms with E-state index in [1.807, 2.05) is 0 Å². The summed E-state index contributed by atoms with van der Waals surface area (Å²) in [7, 11) is 0. The van der Waals surface area contributed by atoms with Crippen molar-refractivity contribution in [2.75, 3.05) is 5.73 Å². The van der Waals surface area contributed by atoms with Crippen LogP contribution in [-0.2, 0) is 4.79 Å². The van der Waals surface area contributed by atoms with Crippen LogP contribution in [0.25, 0.3) is 11.6 Å². The molecule has 0 heterocycles. The molecule has 0 aliphatic rings. The van der Waals surface area contributed by atoms with E-state index in [1.165, 1.54) is 0 Å². The molecule has 0 aliphatic carbocycles. The lowest BCUT2D eigenvalue weighted by Gasteiger charge is -2.04. The first-order chi connectivity index (χ1) is 9.06. The second-order valence-corrected chi connectivity index (χ2v) is 4.47. The molecule has 0 amide bonds. The highest BCUT2D eigenvalue weighted by Gasteiger charge is 2.10. The predicted octanol–water partition coefficient (Wildman–Crippen LogP) is 3.55. The SMILES string of the molecule is Nc1ccc(/C(=C/c2ccc(Cl)cc2)C(=O)O)cc1. The Kier molecular flexibility index (Phi) is 3.88. The first-order valence-corrected chi connectivity index (χ1v) is 6.00. The maximum absolute atomic E-state index is 11.3. The Morgan fingerprint density at radius 2 is 1.63 bits per heavy atom. The third-order valence-corrected chi connectivity index (χ3v) is 2.89. The van der Waals surface area contributed by atoms with Gasteiger partial charge in [-0.25, -0.2) is 4.79 Å². The van der Waals surface area contributed by atoms with Gasteiger partial charge in [0.25, 0.3) is 0 Å². The summed E-state index contributed by atoms with van der Waals surface area (Å²) in [6.45, 7) is 0. The van der Waals surface area contributed by atoms with Gasteiger partial charge in [-0.15, -0.1) is 0 Å². The highest BCUT2D eigenvalue weighted by molar-refractivity contribution is 6.30. The van der Waals surface area contributed by atoms with E-state index in [0.29, 0.717) is 16.3 Å². The zero-order valence-electron chi connectivity index (χ0n) is 10.0. The molecule has 2 aromatic carbocycles. The molecule has 19 heavy (non-hydrogen) atoms. The van der Waals surface area contributed by atoms with Crippen molar-refractivity contribution in [3.63, 3.8) is 0 Å². The molecule has 0 saturated heterocycles. The molecule has 2 aromatic rings. The average molecular weight is 274 g/mol. The van der Waals surface area contributed by atoms with Crippen molar-refractivity contribution in [2.24, 2.45) is 0 Å². The molecule has 0 spiro atoms. The molecule has 2 rings (SSSR count). The number of carboxylic acids is 1. The Morgan fingerprint density at radius 3 is 2.16 bits per heavy atom.